The molecule has 2 aromatic carbocycles. The SMILES string of the molecule is C=Cc1ccccn1.c1ccc(Oc2ccccc2)cc1. The summed E-state index contributed by atoms with van der Waals surface area (Å²) in [6.07, 6.45) is 3.47. The Labute approximate surface area is 125 Å². The molecule has 0 spiro atoms. The van der Waals surface area contributed by atoms with E-state index in [-0.39, 0.29) is 0 Å². The largest absolute Gasteiger partial charge is 0.457 e. The topological polar surface area (TPSA) is 22.1 Å². The average Bonchev–Trinajstić information content (AvgIpc) is 2.58. The van der Waals surface area contributed by atoms with E-state index < -0.39 is 0 Å². The molecule has 2 nitrogen and oxygen atoms in total. The third kappa shape index (κ3) is 5.33. The van der Waals surface area contributed by atoms with E-state index in [2.05, 4.69) is 11.6 Å². The molecule has 0 atom stereocenters. The highest BCUT2D eigenvalue weighted by Crippen LogP contribution is 2.19. The zero-order valence-corrected chi connectivity index (χ0v) is 11.7. The van der Waals surface area contributed by atoms with Crippen molar-refractivity contribution < 1.29 is 4.74 Å². The predicted molar refractivity (Wildman–Crippen MR) is 87.3 cm³/mol. The summed E-state index contributed by atoms with van der Waals surface area (Å²) in [7, 11) is 0. The van der Waals surface area contributed by atoms with Crippen LogP contribution in [0.4, 0.5) is 0 Å². The molecule has 0 bridgehead atoms. The molecule has 0 fully saturated rings. The van der Waals surface area contributed by atoms with E-state index >= 15 is 0 Å². The van der Waals surface area contributed by atoms with Crippen LogP contribution >= 0.6 is 0 Å². The molecule has 0 unspecified atom stereocenters. The molecule has 3 rings (SSSR count). The summed E-state index contributed by atoms with van der Waals surface area (Å²) in [6, 6.07) is 25.2. The van der Waals surface area contributed by atoms with Gasteiger partial charge in [-0.3, -0.25) is 4.98 Å². The predicted octanol–water partition coefficient (Wildman–Crippen LogP) is 5.20. The molecule has 0 aliphatic carbocycles. The Morgan fingerprint density at radius 1 is 0.714 bits per heavy atom. The zero-order valence-electron chi connectivity index (χ0n) is 11.7. The van der Waals surface area contributed by atoms with Crippen molar-refractivity contribution in [2.24, 2.45) is 0 Å². The number of para-hydroxylation sites is 2. The summed E-state index contributed by atoms with van der Waals surface area (Å²) in [5, 5.41) is 0. The Hall–Kier alpha value is -2.87. The van der Waals surface area contributed by atoms with Gasteiger partial charge in [0.05, 0.1) is 5.69 Å². The monoisotopic (exact) mass is 275 g/mol. The summed E-state index contributed by atoms with van der Waals surface area (Å²) < 4.78 is 5.58. The molecule has 104 valence electrons. The molecule has 3 aromatic rings. The lowest BCUT2D eigenvalue weighted by molar-refractivity contribution is 0.482. The molecule has 0 N–H and O–H groups in total. The third-order valence-electron chi connectivity index (χ3n) is 2.62. The van der Waals surface area contributed by atoms with E-state index in [1.807, 2.05) is 78.9 Å². The number of aromatic nitrogens is 1. The Morgan fingerprint density at radius 3 is 1.62 bits per heavy atom. The first kappa shape index (κ1) is 14.5. The van der Waals surface area contributed by atoms with Gasteiger partial charge in [-0.05, 0) is 42.5 Å². The standard InChI is InChI=1S/C12H10O.C7H7N/c1-3-7-11(8-4-1)13-12-9-5-2-6-10-12;1-2-7-5-3-4-6-8-7/h1-10H;2-6H,1H2. The van der Waals surface area contributed by atoms with Gasteiger partial charge in [-0.1, -0.05) is 49.0 Å². The van der Waals surface area contributed by atoms with Gasteiger partial charge >= 0.3 is 0 Å². The van der Waals surface area contributed by atoms with Crippen LogP contribution in [-0.4, -0.2) is 4.98 Å². The highest BCUT2D eigenvalue weighted by atomic mass is 16.5. The molecule has 0 amide bonds. The van der Waals surface area contributed by atoms with Crippen molar-refractivity contribution >= 4 is 6.08 Å². The average molecular weight is 275 g/mol. The van der Waals surface area contributed by atoms with Gasteiger partial charge in [-0.2, -0.15) is 0 Å². The van der Waals surface area contributed by atoms with Crippen LogP contribution in [0.25, 0.3) is 6.08 Å². The molecule has 1 aromatic heterocycles. The van der Waals surface area contributed by atoms with Gasteiger partial charge in [0, 0.05) is 6.20 Å². The van der Waals surface area contributed by atoms with Crippen molar-refractivity contribution in [1.82, 2.24) is 4.98 Å². The molecule has 1 heterocycles. The van der Waals surface area contributed by atoms with E-state index in [9.17, 15) is 0 Å². The maximum atomic E-state index is 5.58. The number of ether oxygens (including phenoxy) is 1. The van der Waals surface area contributed by atoms with E-state index in [0.717, 1.165) is 17.2 Å². The second-order valence-corrected chi connectivity index (χ2v) is 4.19. The minimum absolute atomic E-state index is 0.869. The number of hydrogen-bond acceptors (Lipinski definition) is 2. The number of hydrogen-bond donors (Lipinski definition) is 0. The zero-order chi connectivity index (χ0) is 14.8. The van der Waals surface area contributed by atoms with E-state index in [0.29, 0.717) is 0 Å². The maximum absolute atomic E-state index is 5.58. The van der Waals surface area contributed by atoms with Crippen LogP contribution in [0.15, 0.2) is 91.6 Å². The van der Waals surface area contributed by atoms with Crippen LogP contribution in [0.2, 0.25) is 0 Å². The summed E-state index contributed by atoms with van der Waals surface area (Å²) in [5.41, 5.74) is 0.924. The van der Waals surface area contributed by atoms with E-state index in [1.165, 1.54) is 0 Å². The molecule has 0 saturated carbocycles. The van der Waals surface area contributed by atoms with E-state index in [4.69, 9.17) is 4.74 Å². The lowest BCUT2D eigenvalue weighted by Gasteiger charge is -2.03. The first-order valence-corrected chi connectivity index (χ1v) is 6.70. The number of rotatable bonds is 3. The van der Waals surface area contributed by atoms with Crippen LogP contribution in [0, 0.1) is 0 Å². The van der Waals surface area contributed by atoms with Crippen LogP contribution in [0.1, 0.15) is 5.69 Å². The summed E-state index contributed by atoms with van der Waals surface area (Å²) in [6.45, 7) is 3.57. The minimum Gasteiger partial charge on any atom is -0.457 e. The van der Waals surface area contributed by atoms with Crippen molar-refractivity contribution in [2.45, 2.75) is 0 Å². The van der Waals surface area contributed by atoms with Gasteiger partial charge in [-0.15, -0.1) is 0 Å². The van der Waals surface area contributed by atoms with Gasteiger partial charge in [0.15, 0.2) is 0 Å². The van der Waals surface area contributed by atoms with Gasteiger partial charge < -0.3 is 4.74 Å². The Morgan fingerprint density at radius 2 is 1.24 bits per heavy atom. The third-order valence-corrected chi connectivity index (χ3v) is 2.62. The molecule has 0 radical (unpaired) electrons. The molecule has 0 aliphatic heterocycles. The highest BCUT2D eigenvalue weighted by Gasteiger charge is 1.92. The maximum Gasteiger partial charge on any atom is 0.127 e. The first-order chi connectivity index (χ1) is 10.4. The first-order valence-electron chi connectivity index (χ1n) is 6.70. The van der Waals surface area contributed by atoms with Gasteiger partial charge in [0.2, 0.25) is 0 Å². The lowest BCUT2D eigenvalue weighted by atomic mass is 10.3. The minimum atomic E-state index is 0.869. The van der Waals surface area contributed by atoms with Crippen molar-refractivity contribution in [1.29, 1.82) is 0 Å². The van der Waals surface area contributed by atoms with Gasteiger partial charge in [0.25, 0.3) is 0 Å². The van der Waals surface area contributed by atoms with Crippen molar-refractivity contribution in [3.63, 3.8) is 0 Å². The van der Waals surface area contributed by atoms with Crippen LogP contribution < -0.4 is 4.74 Å². The summed E-state index contributed by atoms with van der Waals surface area (Å²) >= 11 is 0. The van der Waals surface area contributed by atoms with Gasteiger partial charge in [-0.25, -0.2) is 0 Å². The second kappa shape index (κ2) is 8.33. The normalized spacial score (nSPS) is 9.14. The van der Waals surface area contributed by atoms with Crippen LogP contribution in [-0.2, 0) is 0 Å². The molecule has 21 heavy (non-hydrogen) atoms. The highest BCUT2D eigenvalue weighted by molar-refractivity contribution is 5.40. The van der Waals surface area contributed by atoms with Crippen molar-refractivity contribution in [3.05, 3.63) is 97.3 Å². The fourth-order valence-corrected chi connectivity index (χ4v) is 1.61. The molecular formula is C19H17NO. The van der Waals surface area contributed by atoms with Crippen LogP contribution in [0.5, 0.6) is 11.5 Å². The molecule has 2 heteroatoms. The Kier molecular flexibility index (Phi) is 5.77. The van der Waals surface area contributed by atoms with E-state index in [1.54, 1.807) is 12.3 Å². The molecule has 0 saturated heterocycles. The quantitative estimate of drug-likeness (QED) is 0.655. The number of nitrogens with zero attached hydrogens (tertiary/aromatic N) is 1. The van der Waals surface area contributed by atoms with Gasteiger partial charge in [0.1, 0.15) is 11.5 Å². The fraction of sp³-hybridized carbons (Fsp3) is 0. The van der Waals surface area contributed by atoms with Crippen molar-refractivity contribution in [3.8, 4) is 11.5 Å². The molecular weight excluding hydrogens is 258 g/mol. The summed E-state index contributed by atoms with van der Waals surface area (Å²) in [4.78, 5) is 3.98. The number of pyridine rings is 1. The smallest absolute Gasteiger partial charge is 0.127 e. The lowest BCUT2D eigenvalue weighted by Crippen LogP contribution is -1.81. The fourth-order valence-electron chi connectivity index (χ4n) is 1.61. The summed E-state index contributed by atoms with van der Waals surface area (Å²) in [5.74, 6) is 1.74. The molecule has 0 aliphatic rings. The second-order valence-electron chi connectivity index (χ2n) is 4.19. The van der Waals surface area contributed by atoms with Crippen molar-refractivity contribution in [2.75, 3.05) is 0 Å². The number of benzene rings is 2. The van der Waals surface area contributed by atoms with Crippen LogP contribution in [0.3, 0.4) is 0 Å². The Bertz CT molecular complexity index is 599. The Balaban J connectivity index is 0.000000173.